The number of nitrogens with one attached hydrogen (secondary N) is 3. The van der Waals surface area contributed by atoms with Gasteiger partial charge in [0, 0.05) is 29.7 Å². The van der Waals surface area contributed by atoms with E-state index in [0.717, 1.165) is 16.5 Å². The highest BCUT2D eigenvalue weighted by atomic mass is 16.5. The Bertz CT molecular complexity index is 894. The van der Waals surface area contributed by atoms with Gasteiger partial charge in [0.15, 0.2) is 5.82 Å². The minimum atomic E-state index is -0.765. The Kier molecular flexibility index (Phi) is 4.33. The van der Waals surface area contributed by atoms with Gasteiger partial charge in [0.1, 0.15) is 5.76 Å². The van der Waals surface area contributed by atoms with Crippen LogP contribution in [-0.2, 0) is 16.0 Å². The number of aromatic nitrogens is 2. The largest absolute Gasteiger partial charge is 0.361 e. The molecule has 0 fully saturated rings. The van der Waals surface area contributed by atoms with Crippen molar-refractivity contribution in [1.29, 1.82) is 0 Å². The molecule has 0 bridgehead atoms. The maximum Gasteiger partial charge on any atom is 0.314 e. The van der Waals surface area contributed by atoms with Crippen LogP contribution in [0.25, 0.3) is 10.9 Å². The smallest absolute Gasteiger partial charge is 0.314 e. The fraction of sp³-hybridized carbons (Fsp3) is 0.235. The van der Waals surface area contributed by atoms with Gasteiger partial charge in [-0.15, -0.1) is 0 Å². The Morgan fingerprint density at radius 2 is 2.08 bits per heavy atom. The Morgan fingerprint density at radius 3 is 2.83 bits per heavy atom. The fourth-order valence-corrected chi connectivity index (χ4v) is 2.64. The van der Waals surface area contributed by atoms with Crippen LogP contribution in [0, 0.1) is 13.8 Å². The number of aryl methyl sites for hydroxylation is 2. The first kappa shape index (κ1) is 15.8. The minimum Gasteiger partial charge on any atom is -0.361 e. The van der Waals surface area contributed by atoms with E-state index in [2.05, 4.69) is 20.8 Å². The maximum absolute atomic E-state index is 11.8. The van der Waals surface area contributed by atoms with E-state index in [-0.39, 0.29) is 5.82 Å². The van der Waals surface area contributed by atoms with E-state index >= 15 is 0 Å². The fourth-order valence-electron chi connectivity index (χ4n) is 2.64. The lowest BCUT2D eigenvalue weighted by molar-refractivity contribution is -0.136. The van der Waals surface area contributed by atoms with Crippen molar-refractivity contribution in [3.8, 4) is 0 Å². The third kappa shape index (κ3) is 3.29. The van der Waals surface area contributed by atoms with Crippen LogP contribution in [0.15, 0.2) is 35.0 Å². The van der Waals surface area contributed by atoms with Crippen molar-refractivity contribution in [3.63, 3.8) is 0 Å². The number of carbonyl (C=O) groups is 2. The Labute approximate surface area is 138 Å². The molecule has 0 spiro atoms. The molecular formula is C17H18N4O3. The molecule has 0 unspecified atom stereocenters. The number of H-pyrrole nitrogens is 1. The monoisotopic (exact) mass is 326 g/mol. The molecule has 24 heavy (non-hydrogen) atoms. The van der Waals surface area contributed by atoms with Gasteiger partial charge in [0.2, 0.25) is 0 Å². The molecule has 3 rings (SSSR count). The predicted molar refractivity (Wildman–Crippen MR) is 89.6 cm³/mol. The van der Waals surface area contributed by atoms with Crippen LogP contribution < -0.4 is 10.6 Å². The molecule has 0 atom stereocenters. The molecule has 7 nitrogen and oxygen atoms in total. The van der Waals surface area contributed by atoms with Crippen LogP contribution in [0.1, 0.15) is 16.9 Å². The number of amides is 2. The number of benzene rings is 1. The number of rotatable bonds is 4. The highest BCUT2D eigenvalue weighted by molar-refractivity contribution is 6.39. The predicted octanol–water partition coefficient (Wildman–Crippen LogP) is 2.07. The molecule has 2 aromatic heterocycles. The van der Waals surface area contributed by atoms with Crippen LogP contribution in [0.5, 0.6) is 0 Å². The second kappa shape index (κ2) is 6.57. The van der Waals surface area contributed by atoms with Crippen LogP contribution in [0.4, 0.5) is 5.82 Å². The summed E-state index contributed by atoms with van der Waals surface area (Å²) in [5.74, 6) is -0.689. The number of hydrogen-bond donors (Lipinski definition) is 3. The number of carbonyl (C=O) groups excluding carboxylic acids is 2. The summed E-state index contributed by atoms with van der Waals surface area (Å²) in [6.07, 6.45) is 2.56. The lowest BCUT2D eigenvalue weighted by Crippen LogP contribution is -2.36. The lowest BCUT2D eigenvalue weighted by atomic mass is 10.1. The summed E-state index contributed by atoms with van der Waals surface area (Å²) >= 11 is 0. The zero-order valence-electron chi connectivity index (χ0n) is 13.5. The SMILES string of the molecule is Cc1cc(NC(=O)C(=O)NCCc2c[nH]c3cccc(C)c23)no1. The van der Waals surface area contributed by atoms with Gasteiger partial charge < -0.3 is 14.8 Å². The third-order valence-corrected chi connectivity index (χ3v) is 3.75. The number of hydrogen-bond acceptors (Lipinski definition) is 4. The molecular weight excluding hydrogens is 308 g/mol. The van der Waals surface area contributed by atoms with Gasteiger partial charge in [0.05, 0.1) is 0 Å². The highest BCUT2D eigenvalue weighted by Gasteiger charge is 2.15. The van der Waals surface area contributed by atoms with Crippen LogP contribution in [0.3, 0.4) is 0 Å². The molecule has 0 aliphatic rings. The minimum absolute atomic E-state index is 0.222. The molecule has 2 amide bonds. The van der Waals surface area contributed by atoms with Crippen molar-refractivity contribution in [2.45, 2.75) is 20.3 Å². The van der Waals surface area contributed by atoms with E-state index in [4.69, 9.17) is 4.52 Å². The highest BCUT2D eigenvalue weighted by Crippen LogP contribution is 2.22. The summed E-state index contributed by atoms with van der Waals surface area (Å²) in [7, 11) is 0. The molecule has 1 aromatic carbocycles. The van der Waals surface area contributed by atoms with E-state index in [1.165, 1.54) is 5.56 Å². The number of fused-ring (bicyclic) bond motifs is 1. The number of nitrogens with zero attached hydrogens (tertiary/aromatic N) is 1. The van der Waals surface area contributed by atoms with Crippen molar-refractivity contribution in [2.24, 2.45) is 0 Å². The first-order valence-corrected chi connectivity index (χ1v) is 7.62. The van der Waals surface area contributed by atoms with Gasteiger partial charge in [-0.3, -0.25) is 14.9 Å². The summed E-state index contributed by atoms with van der Waals surface area (Å²) in [5, 5.41) is 9.76. The molecule has 2 heterocycles. The van der Waals surface area contributed by atoms with Gasteiger partial charge in [-0.05, 0) is 37.5 Å². The van der Waals surface area contributed by atoms with Gasteiger partial charge in [-0.2, -0.15) is 0 Å². The van der Waals surface area contributed by atoms with Crippen molar-refractivity contribution in [3.05, 3.63) is 47.3 Å². The van der Waals surface area contributed by atoms with Gasteiger partial charge in [-0.1, -0.05) is 17.3 Å². The van der Waals surface area contributed by atoms with Gasteiger partial charge in [0.25, 0.3) is 0 Å². The normalized spacial score (nSPS) is 10.8. The average Bonchev–Trinajstić information content (AvgIpc) is 3.14. The quantitative estimate of drug-likeness (QED) is 0.639. The van der Waals surface area contributed by atoms with Crippen molar-refractivity contribution < 1.29 is 14.1 Å². The molecule has 3 aromatic rings. The zero-order chi connectivity index (χ0) is 17.1. The second-order valence-electron chi connectivity index (χ2n) is 5.59. The molecule has 0 radical (unpaired) electrons. The van der Waals surface area contributed by atoms with Gasteiger partial charge in [-0.25, -0.2) is 0 Å². The topological polar surface area (TPSA) is 100 Å². The third-order valence-electron chi connectivity index (χ3n) is 3.75. The van der Waals surface area contributed by atoms with E-state index in [9.17, 15) is 9.59 Å². The van der Waals surface area contributed by atoms with Gasteiger partial charge >= 0.3 is 11.8 Å². The van der Waals surface area contributed by atoms with Crippen LogP contribution in [0.2, 0.25) is 0 Å². The van der Waals surface area contributed by atoms with Crippen molar-refractivity contribution >= 4 is 28.5 Å². The zero-order valence-corrected chi connectivity index (χ0v) is 13.5. The number of anilines is 1. The molecule has 7 heteroatoms. The summed E-state index contributed by atoms with van der Waals surface area (Å²) in [5.41, 5.74) is 3.35. The molecule has 0 saturated carbocycles. The number of aromatic amines is 1. The second-order valence-corrected chi connectivity index (χ2v) is 5.59. The van der Waals surface area contributed by atoms with E-state index in [1.807, 2.05) is 31.3 Å². The maximum atomic E-state index is 11.8. The lowest BCUT2D eigenvalue weighted by Gasteiger charge is -2.05. The van der Waals surface area contributed by atoms with Crippen molar-refractivity contribution in [1.82, 2.24) is 15.5 Å². The van der Waals surface area contributed by atoms with Crippen LogP contribution >= 0.6 is 0 Å². The summed E-state index contributed by atoms with van der Waals surface area (Å²) in [6, 6.07) is 7.60. The Hall–Kier alpha value is -3.09. The Balaban J connectivity index is 1.55. The molecule has 3 N–H and O–H groups in total. The van der Waals surface area contributed by atoms with E-state index in [0.29, 0.717) is 18.7 Å². The summed E-state index contributed by atoms with van der Waals surface area (Å²) in [6.45, 7) is 4.11. The molecule has 0 aliphatic carbocycles. The molecule has 124 valence electrons. The standard InChI is InChI=1S/C17H18N4O3/c1-10-4-3-5-13-15(10)12(9-19-13)6-7-18-16(22)17(23)20-14-8-11(2)24-21-14/h3-5,8-9,19H,6-7H2,1-2H3,(H,18,22)(H,20,21,23). The molecule has 0 saturated heterocycles. The first-order chi connectivity index (χ1) is 11.5. The van der Waals surface area contributed by atoms with E-state index in [1.54, 1.807) is 13.0 Å². The van der Waals surface area contributed by atoms with Crippen molar-refractivity contribution in [2.75, 3.05) is 11.9 Å². The summed E-state index contributed by atoms with van der Waals surface area (Å²) < 4.78 is 4.83. The average molecular weight is 326 g/mol. The summed E-state index contributed by atoms with van der Waals surface area (Å²) in [4.78, 5) is 26.8. The first-order valence-electron chi connectivity index (χ1n) is 7.62. The molecule has 0 aliphatic heterocycles. The van der Waals surface area contributed by atoms with Crippen LogP contribution in [-0.4, -0.2) is 28.5 Å². The van der Waals surface area contributed by atoms with E-state index < -0.39 is 11.8 Å². The Morgan fingerprint density at radius 1 is 1.25 bits per heavy atom.